The Kier molecular flexibility index (Phi) is 2.43. The van der Waals surface area contributed by atoms with Gasteiger partial charge in [0.2, 0.25) is 0 Å². The van der Waals surface area contributed by atoms with Gasteiger partial charge in [-0.15, -0.1) is 0 Å². The van der Waals surface area contributed by atoms with Gasteiger partial charge in [-0.2, -0.15) is 0 Å². The second-order valence-corrected chi connectivity index (χ2v) is 4.90. The Labute approximate surface area is 100 Å². The smallest absolute Gasteiger partial charge is 0.156 e. The monoisotopic (exact) mass is 226 g/mol. The molecule has 2 aliphatic rings. The lowest BCUT2D eigenvalue weighted by molar-refractivity contribution is -0.125. The lowest BCUT2D eigenvalue weighted by Crippen LogP contribution is -2.22. The van der Waals surface area contributed by atoms with Crippen molar-refractivity contribution in [2.45, 2.75) is 18.8 Å². The Morgan fingerprint density at radius 3 is 2.47 bits per heavy atom. The standard InChI is InChI=1S/C15H14O2/c16-11-6-7-12-13(9-15(17)14(12)8-11)10-4-2-1-3-5-10/h1-7,12-14H,8-9H2/t12-,13-,14-/m1/s1. The molecule has 0 amide bonds. The second-order valence-electron chi connectivity index (χ2n) is 4.90. The maximum atomic E-state index is 12.0. The number of ketones is 2. The molecule has 0 aromatic heterocycles. The van der Waals surface area contributed by atoms with E-state index in [0.29, 0.717) is 12.8 Å². The first-order valence-corrected chi connectivity index (χ1v) is 6.04. The van der Waals surface area contributed by atoms with E-state index in [0.717, 1.165) is 0 Å². The Morgan fingerprint density at radius 2 is 1.71 bits per heavy atom. The predicted octanol–water partition coefficient (Wildman–Crippen LogP) is 2.50. The molecule has 0 radical (unpaired) electrons. The van der Waals surface area contributed by atoms with Crippen LogP contribution in [-0.4, -0.2) is 11.6 Å². The first kappa shape index (κ1) is 10.5. The average molecular weight is 226 g/mol. The summed E-state index contributed by atoms with van der Waals surface area (Å²) >= 11 is 0. The number of carbonyl (C=O) groups is 2. The maximum absolute atomic E-state index is 12.0. The van der Waals surface area contributed by atoms with E-state index >= 15 is 0 Å². The van der Waals surface area contributed by atoms with Crippen molar-refractivity contribution in [3.8, 4) is 0 Å². The van der Waals surface area contributed by atoms with Crippen molar-refractivity contribution in [3.05, 3.63) is 48.0 Å². The first-order valence-electron chi connectivity index (χ1n) is 6.04. The van der Waals surface area contributed by atoms with Gasteiger partial charge in [0.1, 0.15) is 5.78 Å². The van der Waals surface area contributed by atoms with Crippen LogP contribution in [0.2, 0.25) is 0 Å². The van der Waals surface area contributed by atoms with E-state index in [2.05, 4.69) is 12.1 Å². The molecule has 0 spiro atoms. The molecule has 1 aromatic rings. The average Bonchev–Trinajstić information content (AvgIpc) is 2.68. The van der Waals surface area contributed by atoms with Gasteiger partial charge in [0.15, 0.2) is 5.78 Å². The Hall–Kier alpha value is -1.70. The maximum Gasteiger partial charge on any atom is 0.156 e. The van der Waals surface area contributed by atoms with E-state index in [1.165, 1.54) is 5.56 Å². The van der Waals surface area contributed by atoms with Crippen LogP contribution in [0.25, 0.3) is 0 Å². The van der Waals surface area contributed by atoms with Gasteiger partial charge in [-0.3, -0.25) is 9.59 Å². The van der Waals surface area contributed by atoms with Gasteiger partial charge >= 0.3 is 0 Å². The van der Waals surface area contributed by atoms with Crippen molar-refractivity contribution in [1.29, 1.82) is 0 Å². The van der Waals surface area contributed by atoms with Gasteiger partial charge < -0.3 is 0 Å². The molecule has 1 fully saturated rings. The van der Waals surface area contributed by atoms with E-state index in [4.69, 9.17) is 0 Å². The Bertz CT molecular complexity index is 487. The molecule has 86 valence electrons. The molecular weight excluding hydrogens is 212 g/mol. The summed E-state index contributed by atoms with van der Waals surface area (Å²) in [6, 6.07) is 10.1. The summed E-state index contributed by atoms with van der Waals surface area (Å²) in [4.78, 5) is 23.3. The zero-order valence-corrected chi connectivity index (χ0v) is 9.50. The van der Waals surface area contributed by atoms with Crippen LogP contribution >= 0.6 is 0 Å². The van der Waals surface area contributed by atoms with Crippen LogP contribution in [0.1, 0.15) is 24.3 Å². The van der Waals surface area contributed by atoms with Crippen molar-refractivity contribution < 1.29 is 9.59 Å². The summed E-state index contributed by atoms with van der Waals surface area (Å²) < 4.78 is 0. The lowest BCUT2D eigenvalue weighted by Gasteiger charge is -2.23. The number of fused-ring (bicyclic) bond motifs is 1. The van der Waals surface area contributed by atoms with Gasteiger partial charge in [-0.25, -0.2) is 0 Å². The van der Waals surface area contributed by atoms with Crippen molar-refractivity contribution in [3.63, 3.8) is 0 Å². The molecule has 0 bridgehead atoms. The highest BCUT2D eigenvalue weighted by Crippen LogP contribution is 2.45. The van der Waals surface area contributed by atoms with Crippen LogP contribution in [0.3, 0.4) is 0 Å². The van der Waals surface area contributed by atoms with Crippen LogP contribution in [-0.2, 0) is 9.59 Å². The molecule has 3 atom stereocenters. The predicted molar refractivity (Wildman–Crippen MR) is 64.6 cm³/mol. The number of Topliss-reactive ketones (excluding diaryl/α,β-unsaturated/α-hetero) is 1. The molecule has 0 heterocycles. The van der Waals surface area contributed by atoms with Crippen molar-refractivity contribution in [2.24, 2.45) is 11.8 Å². The fourth-order valence-electron chi connectivity index (χ4n) is 3.06. The normalized spacial score (nSPS) is 31.6. The molecule has 17 heavy (non-hydrogen) atoms. The molecule has 0 unspecified atom stereocenters. The Balaban J connectivity index is 1.96. The fraction of sp³-hybridized carbons (Fsp3) is 0.333. The first-order chi connectivity index (χ1) is 8.25. The summed E-state index contributed by atoms with van der Waals surface area (Å²) in [5.74, 6) is 0.758. The molecule has 1 aromatic carbocycles. The summed E-state index contributed by atoms with van der Waals surface area (Å²) in [7, 11) is 0. The number of hydrogen-bond donors (Lipinski definition) is 0. The minimum absolute atomic E-state index is 0.0716. The van der Waals surface area contributed by atoms with Crippen molar-refractivity contribution >= 4 is 11.6 Å². The highest BCUT2D eigenvalue weighted by atomic mass is 16.1. The minimum atomic E-state index is -0.0716. The van der Waals surface area contributed by atoms with Gasteiger partial charge in [0.25, 0.3) is 0 Å². The molecule has 2 aliphatic carbocycles. The topological polar surface area (TPSA) is 34.1 Å². The summed E-state index contributed by atoms with van der Waals surface area (Å²) in [6.45, 7) is 0. The van der Waals surface area contributed by atoms with Crippen molar-refractivity contribution in [2.75, 3.05) is 0 Å². The minimum Gasteiger partial charge on any atom is -0.299 e. The van der Waals surface area contributed by atoms with Crippen molar-refractivity contribution in [1.82, 2.24) is 0 Å². The number of carbonyl (C=O) groups excluding carboxylic acids is 2. The van der Waals surface area contributed by atoms with Crippen LogP contribution in [0.4, 0.5) is 0 Å². The van der Waals surface area contributed by atoms with Crippen LogP contribution < -0.4 is 0 Å². The van der Waals surface area contributed by atoms with E-state index in [9.17, 15) is 9.59 Å². The molecule has 0 N–H and O–H groups in total. The molecule has 0 aliphatic heterocycles. The molecule has 3 rings (SSSR count). The third-order valence-corrected chi connectivity index (χ3v) is 3.92. The van der Waals surface area contributed by atoms with Gasteiger partial charge in [-0.1, -0.05) is 36.4 Å². The Morgan fingerprint density at radius 1 is 0.941 bits per heavy atom. The van der Waals surface area contributed by atoms with E-state index < -0.39 is 0 Å². The molecule has 1 saturated carbocycles. The van der Waals surface area contributed by atoms with Crippen LogP contribution in [0.5, 0.6) is 0 Å². The fourth-order valence-corrected chi connectivity index (χ4v) is 3.06. The van der Waals surface area contributed by atoms with E-state index in [1.807, 2.05) is 24.3 Å². The number of hydrogen-bond acceptors (Lipinski definition) is 2. The highest BCUT2D eigenvalue weighted by molar-refractivity contribution is 5.97. The summed E-state index contributed by atoms with van der Waals surface area (Å²) in [5, 5.41) is 0. The van der Waals surface area contributed by atoms with E-state index in [-0.39, 0.29) is 29.3 Å². The molecule has 2 nitrogen and oxygen atoms in total. The largest absolute Gasteiger partial charge is 0.299 e. The number of allylic oxidation sites excluding steroid dienone is 2. The third kappa shape index (κ3) is 1.74. The summed E-state index contributed by atoms with van der Waals surface area (Å²) in [6.07, 6.45) is 4.58. The number of benzene rings is 1. The lowest BCUT2D eigenvalue weighted by atomic mass is 9.79. The van der Waals surface area contributed by atoms with Gasteiger partial charge in [0.05, 0.1) is 0 Å². The van der Waals surface area contributed by atoms with Crippen LogP contribution in [0.15, 0.2) is 42.5 Å². The summed E-state index contributed by atoms with van der Waals surface area (Å²) in [5.41, 5.74) is 1.22. The SMILES string of the molecule is O=C1C=C[C@@H]2[C@@H](c3ccccc3)CC(=O)[C@@H]2C1. The highest BCUT2D eigenvalue weighted by Gasteiger charge is 2.43. The zero-order chi connectivity index (χ0) is 11.8. The zero-order valence-electron chi connectivity index (χ0n) is 9.50. The van der Waals surface area contributed by atoms with Gasteiger partial charge in [-0.05, 0) is 23.5 Å². The third-order valence-electron chi connectivity index (χ3n) is 3.92. The van der Waals surface area contributed by atoms with Crippen LogP contribution in [0, 0.1) is 11.8 Å². The second kappa shape index (κ2) is 3.95. The molecule has 0 saturated heterocycles. The molecule has 2 heteroatoms. The van der Waals surface area contributed by atoms with Gasteiger partial charge in [0, 0.05) is 18.8 Å². The molecular formula is C15H14O2. The quantitative estimate of drug-likeness (QED) is 0.737. The number of rotatable bonds is 1. The van der Waals surface area contributed by atoms with E-state index in [1.54, 1.807) is 6.08 Å².